The molecule has 2 rings (SSSR count). The first-order chi connectivity index (χ1) is 11.4. The smallest absolute Gasteiger partial charge is 0.251 e. The first kappa shape index (κ1) is 18.1. The van der Waals surface area contributed by atoms with Crippen LogP contribution in [-0.4, -0.2) is 32.6 Å². The number of aliphatic hydroxyl groups excluding tert-OH is 1. The Kier molecular flexibility index (Phi) is 6.08. The summed E-state index contributed by atoms with van der Waals surface area (Å²) < 4.78 is 27.6. The minimum Gasteiger partial charge on any atom is -0.395 e. The molecule has 1 atom stereocenters. The van der Waals surface area contributed by atoms with Crippen LogP contribution < -0.4 is 10.0 Å². The van der Waals surface area contributed by atoms with Gasteiger partial charge in [0, 0.05) is 18.2 Å². The third kappa shape index (κ3) is 4.64. The number of sulfonamides is 1. The number of hydrogen-bond acceptors (Lipinski definition) is 4. The van der Waals surface area contributed by atoms with Crippen molar-refractivity contribution in [2.45, 2.75) is 17.9 Å². The molecule has 0 saturated heterocycles. The van der Waals surface area contributed by atoms with Crippen LogP contribution in [0.15, 0.2) is 59.5 Å². The molecule has 0 radical (unpaired) electrons. The summed E-state index contributed by atoms with van der Waals surface area (Å²) in [6.45, 7) is 1.68. The quantitative estimate of drug-likeness (QED) is 0.706. The normalized spacial score (nSPS) is 12.6. The second kappa shape index (κ2) is 8.05. The summed E-state index contributed by atoms with van der Waals surface area (Å²) in [5, 5.41) is 11.2. The van der Waals surface area contributed by atoms with Crippen molar-refractivity contribution in [1.29, 1.82) is 0 Å². The van der Waals surface area contributed by atoms with Gasteiger partial charge in [-0.25, -0.2) is 13.1 Å². The summed E-state index contributed by atoms with van der Waals surface area (Å²) in [5.74, 6) is -0.433. The fourth-order valence-corrected chi connectivity index (χ4v) is 3.46. The van der Waals surface area contributed by atoms with Gasteiger partial charge in [0.25, 0.3) is 5.91 Å². The second-order valence-electron chi connectivity index (χ2n) is 5.26. The molecule has 0 spiro atoms. The van der Waals surface area contributed by atoms with Crippen molar-refractivity contribution in [1.82, 2.24) is 10.0 Å². The van der Waals surface area contributed by atoms with E-state index < -0.39 is 22.0 Å². The summed E-state index contributed by atoms with van der Waals surface area (Å²) in [4.78, 5) is 11.9. The minimum atomic E-state index is -3.76. The number of carbonyl (C=O) groups excluding carboxylic acids is 1. The lowest BCUT2D eigenvalue weighted by molar-refractivity contribution is 0.0944. The highest BCUT2D eigenvalue weighted by Crippen LogP contribution is 2.17. The number of nitrogens with one attached hydrogen (secondary N) is 2. The molecule has 1 unspecified atom stereocenters. The molecule has 0 aromatic heterocycles. The van der Waals surface area contributed by atoms with Gasteiger partial charge in [0.2, 0.25) is 10.0 Å². The van der Waals surface area contributed by atoms with Gasteiger partial charge < -0.3 is 10.4 Å². The Hall–Kier alpha value is -2.22. The Labute approximate surface area is 141 Å². The van der Waals surface area contributed by atoms with Gasteiger partial charge in [-0.05, 0) is 30.7 Å². The first-order valence-electron chi connectivity index (χ1n) is 7.50. The highest BCUT2D eigenvalue weighted by atomic mass is 32.2. The molecule has 2 aromatic carbocycles. The van der Waals surface area contributed by atoms with Crippen molar-refractivity contribution in [3.63, 3.8) is 0 Å². The number of aliphatic hydroxyl groups is 1. The largest absolute Gasteiger partial charge is 0.395 e. The molecule has 128 valence electrons. The average molecular weight is 348 g/mol. The molecule has 0 aliphatic heterocycles. The molecular formula is C17H20N2O4S. The second-order valence-corrected chi connectivity index (χ2v) is 6.97. The van der Waals surface area contributed by atoms with Gasteiger partial charge in [-0.3, -0.25) is 4.79 Å². The van der Waals surface area contributed by atoms with E-state index in [0.717, 1.165) is 5.56 Å². The SMILES string of the molecule is CC(NS(=O)(=O)c1cccc(C(=O)NCCO)c1)c1ccccc1. The van der Waals surface area contributed by atoms with E-state index in [2.05, 4.69) is 10.0 Å². The van der Waals surface area contributed by atoms with Gasteiger partial charge in [0.1, 0.15) is 0 Å². The van der Waals surface area contributed by atoms with Gasteiger partial charge in [0.05, 0.1) is 11.5 Å². The number of benzene rings is 2. The van der Waals surface area contributed by atoms with E-state index in [1.165, 1.54) is 24.3 Å². The summed E-state index contributed by atoms with van der Waals surface area (Å²) in [7, 11) is -3.76. The topological polar surface area (TPSA) is 95.5 Å². The minimum absolute atomic E-state index is 0.0157. The molecule has 0 fully saturated rings. The summed E-state index contributed by atoms with van der Waals surface area (Å²) >= 11 is 0. The van der Waals surface area contributed by atoms with Crippen LogP contribution in [0.2, 0.25) is 0 Å². The summed E-state index contributed by atoms with van der Waals surface area (Å²) in [6.07, 6.45) is 0. The Bertz CT molecular complexity index is 791. The number of amides is 1. The Morgan fingerprint density at radius 2 is 1.83 bits per heavy atom. The Morgan fingerprint density at radius 1 is 1.12 bits per heavy atom. The molecule has 24 heavy (non-hydrogen) atoms. The number of hydrogen-bond donors (Lipinski definition) is 3. The maximum absolute atomic E-state index is 12.5. The zero-order valence-corrected chi connectivity index (χ0v) is 14.1. The monoisotopic (exact) mass is 348 g/mol. The molecule has 0 heterocycles. The van der Waals surface area contributed by atoms with Crippen LogP contribution in [0.1, 0.15) is 28.9 Å². The zero-order chi connectivity index (χ0) is 17.6. The number of rotatable bonds is 7. The van der Waals surface area contributed by atoms with E-state index in [0.29, 0.717) is 0 Å². The fourth-order valence-electron chi connectivity index (χ4n) is 2.19. The fraction of sp³-hybridized carbons (Fsp3) is 0.235. The number of carbonyl (C=O) groups is 1. The Balaban J connectivity index is 2.19. The molecule has 2 aromatic rings. The van der Waals surface area contributed by atoms with E-state index in [9.17, 15) is 13.2 Å². The summed E-state index contributed by atoms with van der Waals surface area (Å²) in [5.41, 5.74) is 1.07. The van der Waals surface area contributed by atoms with Gasteiger partial charge in [-0.2, -0.15) is 0 Å². The van der Waals surface area contributed by atoms with E-state index >= 15 is 0 Å². The van der Waals surface area contributed by atoms with Crippen LogP contribution in [0, 0.1) is 0 Å². The summed E-state index contributed by atoms with van der Waals surface area (Å²) in [6, 6.07) is 14.6. The van der Waals surface area contributed by atoms with Crippen LogP contribution >= 0.6 is 0 Å². The van der Waals surface area contributed by atoms with Crippen molar-refractivity contribution in [2.24, 2.45) is 0 Å². The first-order valence-corrected chi connectivity index (χ1v) is 8.99. The highest BCUT2D eigenvalue weighted by molar-refractivity contribution is 7.89. The molecule has 1 amide bonds. The van der Waals surface area contributed by atoms with E-state index in [1.54, 1.807) is 6.92 Å². The Morgan fingerprint density at radius 3 is 2.50 bits per heavy atom. The van der Waals surface area contributed by atoms with Crippen molar-refractivity contribution in [2.75, 3.05) is 13.2 Å². The molecule has 0 aliphatic rings. The lowest BCUT2D eigenvalue weighted by atomic mass is 10.1. The molecular weight excluding hydrogens is 328 g/mol. The van der Waals surface area contributed by atoms with Gasteiger partial charge in [-0.15, -0.1) is 0 Å². The van der Waals surface area contributed by atoms with Crippen molar-refractivity contribution < 1.29 is 18.3 Å². The molecule has 6 nitrogen and oxygen atoms in total. The van der Waals surface area contributed by atoms with Crippen molar-refractivity contribution >= 4 is 15.9 Å². The lowest BCUT2D eigenvalue weighted by Gasteiger charge is -2.15. The predicted octanol–water partition coefficient (Wildman–Crippen LogP) is 1.45. The van der Waals surface area contributed by atoms with Crippen LogP contribution in [-0.2, 0) is 10.0 Å². The molecule has 0 bridgehead atoms. The van der Waals surface area contributed by atoms with Gasteiger partial charge >= 0.3 is 0 Å². The maximum Gasteiger partial charge on any atom is 0.251 e. The third-order valence-electron chi connectivity index (χ3n) is 3.44. The van der Waals surface area contributed by atoms with Crippen LogP contribution in [0.3, 0.4) is 0 Å². The van der Waals surface area contributed by atoms with Crippen molar-refractivity contribution in [3.8, 4) is 0 Å². The van der Waals surface area contributed by atoms with Gasteiger partial charge in [0.15, 0.2) is 0 Å². The zero-order valence-electron chi connectivity index (χ0n) is 13.3. The van der Waals surface area contributed by atoms with E-state index in [-0.39, 0.29) is 23.6 Å². The molecule has 3 N–H and O–H groups in total. The van der Waals surface area contributed by atoms with Gasteiger partial charge in [-0.1, -0.05) is 36.4 Å². The third-order valence-corrected chi connectivity index (χ3v) is 4.97. The van der Waals surface area contributed by atoms with Crippen molar-refractivity contribution in [3.05, 3.63) is 65.7 Å². The maximum atomic E-state index is 12.5. The van der Waals surface area contributed by atoms with E-state index in [4.69, 9.17) is 5.11 Å². The van der Waals surface area contributed by atoms with Crippen LogP contribution in [0.4, 0.5) is 0 Å². The molecule has 0 aliphatic carbocycles. The van der Waals surface area contributed by atoms with E-state index in [1.807, 2.05) is 30.3 Å². The highest BCUT2D eigenvalue weighted by Gasteiger charge is 2.19. The standard InChI is InChI=1S/C17H20N2O4S/c1-13(14-6-3-2-4-7-14)19-24(22,23)16-9-5-8-15(12-16)17(21)18-10-11-20/h2-9,12-13,19-20H,10-11H2,1H3,(H,18,21). The lowest BCUT2D eigenvalue weighted by Crippen LogP contribution is -2.28. The van der Waals surface area contributed by atoms with Crippen LogP contribution in [0.25, 0.3) is 0 Å². The molecule has 0 saturated carbocycles. The molecule has 7 heteroatoms. The van der Waals surface area contributed by atoms with Crippen LogP contribution in [0.5, 0.6) is 0 Å². The predicted molar refractivity (Wildman–Crippen MR) is 91.0 cm³/mol. The average Bonchev–Trinajstić information content (AvgIpc) is 2.60.